The van der Waals surface area contributed by atoms with Gasteiger partial charge in [-0.2, -0.15) is 0 Å². The monoisotopic (exact) mass is 286 g/mol. The first-order valence-electron chi connectivity index (χ1n) is 6.54. The van der Waals surface area contributed by atoms with Gasteiger partial charge in [-0.15, -0.1) is 0 Å². The van der Waals surface area contributed by atoms with Gasteiger partial charge in [0.2, 0.25) is 0 Å². The van der Waals surface area contributed by atoms with Crippen LogP contribution in [0.2, 0.25) is 0 Å². The highest BCUT2D eigenvalue weighted by atomic mass is 16.5. The zero-order valence-corrected chi connectivity index (χ0v) is 12.0. The Bertz CT molecular complexity index is 647. The maximum atomic E-state index is 9.98. The predicted molar refractivity (Wildman–Crippen MR) is 82.1 cm³/mol. The summed E-state index contributed by atoms with van der Waals surface area (Å²) in [5, 5.41) is 19.5. The van der Waals surface area contributed by atoms with Gasteiger partial charge in [0.25, 0.3) is 0 Å². The topological polar surface area (TPSA) is 58.9 Å². The van der Waals surface area contributed by atoms with Crippen molar-refractivity contribution in [2.24, 2.45) is 0 Å². The molecule has 21 heavy (non-hydrogen) atoms. The minimum Gasteiger partial charge on any atom is -0.504 e. The highest BCUT2D eigenvalue weighted by molar-refractivity contribution is 5.61. The highest BCUT2D eigenvalue weighted by Gasteiger charge is 2.04. The summed E-state index contributed by atoms with van der Waals surface area (Å²) in [6, 6.07) is 10.6. The molecule has 4 nitrogen and oxygen atoms in total. The molecule has 4 heteroatoms. The molecule has 0 aliphatic carbocycles. The number of hydrogen-bond acceptors (Lipinski definition) is 4. The minimum atomic E-state index is 0.121. The van der Waals surface area contributed by atoms with Crippen LogP contribution in [0.1, 0.15) is 11.1 Å². The standard InChI is InChI=1S/C17H18O4/c1-20-15-8-4-7-13(17(15)19)6-3-5-12-9-10-14(18)16(11-12)21-2/h3-4,6-11,18-19H,5H2,1-2H3/b6-3+. The van der Waals surface area contributed by atoms with Gasteiger partial charge in [0.1, 0.15) is 0 Å². The van der Waals surface area contributed by atoms with Crippen molar-refractivity contribution in [1.82, 2.24) is 0 Å². The molecular weight excluding hydrogens is 268 g/mol. The Morgan fingerprint density at radius 1 is 1.00 bits per heavy atom. The molecule has 0 fully saturated rings. The van der Waals surface area contributed by atoms with E-state index in [1.54, 1.807) is 18.2 Å². The summed E-state index contributed by atoms with van der Waals surface area (Å²) in [4.78, 5) is 0. The molecule has 110 valence electrons. The Kier molecular flexibility index (Phi) is 4.72. The Labute approximate surface area is 123 Å². The van der Waals surface area contributed by atoms with Crippen molar-refractivity contribution in [3.63, 3.8) is 0 Å². The molecule has 0 spiro atoms. The second-order valence-electron chi connectivity index (χ2n) is 4.51. The van der Waals surface area contributed by atoms with Gasteiger partial charge in [-0.05, 0) is 30.2 Å². The summed E-state index contributed by atoms with van der Waals surface area (Å²) < 4.78 is 10.1. The molecule has 2 N–H and O–H groups in total. The van der Waals surface area contributed by atoms with Crippen LogP contribution >= 0.6 is 0 Å². The molecule has 0 aliphatic rings. The maximum absolute atomic E-state index is 9.98. The summed E-state index contributed by atoms with van der Waals surface area (Å²) in [5.74, 6) is 1.14. The molecule has 0 saturated carbocycles. The molecule has 0 atom stereocenters. The van der Waals surface area contributed by atoms with E-state index in [1.807, 2.05) is 30.4 Å². The Balaban J connectivity index is 2.12. The molecule has 0 unspecified atom stereocenters. The summed E-state index contributed by atoms with van der Waals surface area (Å²) in [7, 11) is 3.04. The molecular formula is C17H18O4. The van der Waals surface area contributed by atoms with E-state index in [-0.39, 0.29) is 11.5 Å². The van der Waals surface area contributed by atoms with Crippen molar-refractivity contribution < 1.29 is 19.7 Å². The van der Waals surface area contributed by atoms with Crippen LogP contribution in [-0.4, -0.2) is 24.4 Å². The molecule has 0 heterocycles. The molecule has 0 aromatic heterocycles. The van der Waals surface area contributed by atoms with Crippen LogP contribution in [0.5, 0.6) is 23.0 Å². The molecule has 0 aliphatic heterocycles. The van der Waals surface area contributed by atoms with Crippen molar-refractivity contribution in [2.75, 3.05) is 14.2 Å². The number of allylic oxidation sites excluding steroid dienone is 1. The molecule has 0 bridgehead atoms. The lowest BCUT2D eigenvalue weighted by atomic mass is 10.1. The van der Waals surface area contributed by atoms with E-state index < -0.39 is 0 Å². The normalized spacial score (nSPS) is 10.8. The molecule has 2 aromatic rings. The predicted octanol–water partition coefficient (Wildman–Crippen LogP) is 3.37. The molecule has 0 radical (unpaired) electrons. The van der Waals surface area contributed by atoms with E-state index in [4.69, 9.17) is 9.47 Å². The molecule has 0 saturated heterocycles. The number of phenols is 2. The quantitative estimate of drug-likeness (QED) is 0.884. The molecule has 0 amide bonds. The number of phenolic OH excluding ortho intramolecular Hbond substituents is 2. The zero-order chi connectivity index (χ0) is 15.2. The largest absolute Gasteiger partial charge is 0.504 e. The minimum absolute atomic E-state index is 0.121. The van der Waals surface area contributed by atoms with Gasteiger partial charge in [-0.25, -0.2) is 0 Å². The second kappa shape index (κ2) is 6.70. The first kappa shape index (κ1) is 14.8. The number of rotatable bonds is 5. The van der Waals surface area contributed by atoms with Crippen LogP contribution in [0.15, 0.2) is 42.5 Å². The summed E-state index contributed by atoms with van der Waals surface area (Å²) in [5.41, 5.74) is 1.70. The first-order chi connectivity index (χ1) is 10.2. The fourth-order valence-corrected chi connectivity index (χ4v) is 2.01. The fraction of sp³-hybridized carbons (Fsp3) is 0.176. The zero-order valence-electron chi connectivity index (χ0n) is 12.0. The SMILES string of the molecule is COc1cc(C/C=C/c2cccc(OC)c2O)ccc1O. The number of hydrogen-bond donors (Lipinski definition) is 2. The van der Waals surface area contributed by atoms with E-state index in [1.165, 1.54) is 14.2 Å². The van der Waals surface area contributed by atoms with Gasteiger partial charge in [0.15, 0.2) is 23.0 Å². The summed E-state index contributed by atoms with van der Waals surface area (Å²) in [6.45, 7) is 0. The highest BCUT2D eigenvalue weighted by Crippen LogP contribution is 2.30. The fourth-order valence-electron chi connectivity index (χ4n) is 2.01. The Morgan fingerprint density at radius 3 is 2.48 bits per heavy atom. The lowest BCUT2D eigenvalue weighted by molar-refractivity contribution is 0.373. The average Bonchev–Trinajstić information content (AvgIpc) is 2.50. The summed E-state index contributed by atoms with van der Waals surface area (Å²) >= 11 is 0. The van der Waals surface area contributed by atoms with E-state index >= 15 is 0 Å². The molecule has 2 aromatic carbocycles. The van der Waals surface area contributed by atoms with Gasteiger partial charge >= 0.3 is 0 Å². The van der Waals surface area contributed by atoms with Crippen LogP contribution in [-0.2, 0) is 6.42 Å². The van der Waals surface area contributed by atoms with E-state index in [9.17, 15) is 10.2 Å². The van der Waals surface area contributed by atoms with Crippen LogP contribution < -0.4 is 9.47 Å². The van der Waals surface area contributed by atoms with Crippen LogP contribution in [0.3, 0.4) is 0 Å². The van der Waals surface area contributed by atoms with Crippen LogP contribution in [0.25, 0.3) is 6.08 Å². The Morgan fingerprint density at radius 2 is 1.76 bits per heavy atom. The third-order valence-electron chi connectivity index (χ3n) is 3.15. The number of ether oxygens (including phenoxy) is 2. The van der Waals surface area contributed by atoms with E-state index in [0.29, 0.717) is 23.5 Å². The number of benzene rings is 2. The van der Waals surface area contributed by atoms with Crippen molar-refractivity contribution in [1.29, 1.82) is 0 Å². The van der Waals surface area contributed by atoms with Crippen LogP contribution in [0, 0.1) is 0 Å². The number of aromatic hydroxyl groups is 2. The van der Waals surface area contributed by atoms with E-state index in [0.717, 1.165) is 5.56 Å². The van der Waals surface area contributed by atoms with Gasteiger partial charge in [0, 0.05) is 5.56 Å². The third kappa shape index (κ3) is 3.48. The molecule has 2 rings (SSSR count). The van der Waals surface area contributed by atoms with Crippen LogP contribution in [0.4, 0.5) is 0 Å². The van der Waals surface area contributed by atoms with Gasteiger partial charge in [-0.3, -0.25) is 0 Å². The van der Waals surface area contributed by atoms with Crippen molar-refractivity contribution in [3.05, 3.63) is 53.6 Å². The third-order valence-corrected chi connectivity index (χ3v) is 3.15. The lowest BCUT2D eigenvalue weighted by Gasteiger charge is -2.06. The van der Waals surface area contributed by atoms with Crippen molar-refractivity contribution >= 4 is 6.08 Å². The first-order valence-corrected chi connectivity index (χ1v) is 6.54. The Hall–Kier alpha value is -2.62. The maximum Gasteiger partial charge on any atom is 0.165 e. The lowest BCUT2D eigenvalue weighted by Crippen LogP contribution is -1.87. The number of methoxy groups -OCH3 is 2. The van der Waals surface area contributed by atoms with Crippen molar-refractivity contribution in [2.45, 2.75) is 6.42 Å². The summed E-state index contributed by atoms with van der Waals surface area (Å²) in [6.07, 6.45) is 4.42. The number of para-hydroxylation sites is 1. The van der Waals surface area contributed by atoms with Crippen molar-refractivity contribution in [3.8, 4) is 23.0 Å². The second-order valence-corrected chi connectivity index (χ2v) is 4.51. The van der Waals surface area contributed by atoms with Gasteiger partial charge in [-0.1, -0.05) is 30.4 Å². The van der Waals surface area contributed by atoms with Gasteiger partial charge < -0.3 is 19.7 Å². The van der Waals surface area contributed by atoms with E-state index in [2.05, 4.69) is 0 Å². The van der Waals surface area contributed by atoms with Gasteiger partial charge in [0.05, 0.1) is 14.2 Å². The smallest absolute Gasteiger partial charge is 0.165 e. The average molecular weight is 286 g/mol.